The Labute approximate surface area is 84.0 Å². The molecule has 0 spiro atoms. The van der Waals surface area contributed by atoms with E-state index in [1.54, 1.807) is 0 Å². The van der Waals surface area contributed by atoms with Crippen LogP contribution in [0.15, 0.2) is 18.2 Å². The first-order chi connectivity index (χ1) is 6.83. The molecular weight excluding hydrogens is 176 g/mol. The molecule has 0 bridgehead atoms. The largest absolute Gasteiger partial charge is 0.490 e. The van der Waals surface area contributed by atoms with Crippen molar-refractivity contribution in [2.24, 2.45) is 11.5 Å². The van der Waals surface area contributed by atoms with Crippen molar-refractivity contribution in [1.82, 2.24) is 0 Å². The fourth-order valence-corrected chi connectivity index (χ4v) is 1.82. The summed E-state index contributed by atoms with van der Waals surface area (Å²) in [5.74, 6) is 0.992. The Morgan fingerprint density at radius 3 is 2.93 bits per heavy atom. The van der Waals surface area contributed by atoms with Gasteiger partial charge in [0.25, 0.3) is 0 Å². The molecule has 1 atom stereocenters. The summed E-state index contributed by atoms with van der Waals surface area (Å²) in [5.41, 5.74) is 13.5. The van der Waals surface area contributed by atoms with Gasteiger partial charge in [0.15, 0.2) is 0 Å². The van der Waals surface area contributed by atoms with E-state index in [1.807, 2.05) is 6.07 Å². The lowest BCUT2D eigenvalue weighted by Crippen LogP contribution is -2.17. The molecule has 14 heavy (non-hydrogen) atoms. The Kier molecular flexibility index (Phi) is 2.70. The monoisotopic (exact) mass is 192 g/mol. The molecule has 0 saturated heterocycles. The highest BCUT2D eigenvalue weighted by molar-refractivity contribution is 5.40. The normalized spacial score (nSPS) is 19.1. The van der Waals surface area contributed by atoms with E-state index >= 15 is 0 Å². The van der Waals surface area contributed by atoms with Gasteiger partial charge in [0, 0.05) is 13.0 Å². The second kappa shape index (κ2) is 3.98. The lowest BCUT2D eigenvalue weighted by atomic mass is 10.1. The second-order valence-electron chi connectivity index (χ2n) is 3.67. The standard InChI is InChI=1S/C11H16N2O/c12-4-3-10-6-9-2-1-8(7-13)5-11(9)14-10/h1-2,5,10H,3-4,6-7,12-13H2. The molecule has 3 heteroatoms. The zero-order valence-electron chi connectivity index (χ0n) is 8.20. The molecule has 0 aliphatic carbocycles. The molecule has 0 amide bonds. The van der Waals surface area contributed by atoms with Crippen LogP contribution < -0.4 is 16.2 Å². The van der Waals surface area contributed by atoms with E-state index in [4.69, 9.17) is 16.2 Å². The zero-order chi connectivity index (χ0) is 9.97. The molecule has 1 aliphatic rings. The summed E-state index contributed by atoms with van der Waals surface area (Å²) < 4.78 is 5.75. The van der Waals surface area contributed by atoms with Crippen LogP contribution in [0.2, 0.25) is 0 Å². The summed E-state index contributed by atoms with van der Waals surface area (Å²) >= 11 is 0. The van der Waals surface area contributed by atoms with Gasteiger partial charge in [0.05, 0.1) is 0 Å². The van der Waals surface area contributed by atoms with Gasteiger partial charge in [-0.2, -0.15) is 0 Å². The van der Waals surface area contributed by atoms with Crippen molar-refractivity contribution in [2.45, 2.75) is 25.5 Å². The van der Waals surface area contributed by atoms with E-state index in [1.165, 1.54) is 5.56 Å². The molecule has 0 fully saturated rings. The van der Waals surface area contributed by atoms with Crippen LogP contribution in [0.1, 0.15) is 17.5 Å². The summed E-state index contributed by atoms with van der Waals surface area (Å²) in [6, 6.07) is 6.20. The molecular formula is C11H16N2O. The molecule has 1 aromatic rings. The Morgan fingerprint density at radius 2 is 2.21 bits per heavy atom. The fraction of sp³-hybridized carbons (Fsp3) is 0.455. The van der Waals surface area contributed by atoms with Crippen LogP contribution >= 0.6 is 0 Å². The van der Waals surface area contributed by atoms with Gasteiger partial charge in [-0.3, -0.25) is 0 Å². The lowest BCUT2D eigenvalue weighted by molar-refractivity contribution is 0.224. The van der Waals surface area contributed by atoms with Crippen molar-refractivity contribution in [1.29, 1.82) is 0 Å². The van der Waals surface area contributed by atoms with Crippen LogP contribution in [-0.2, 0) is 13.0 Å². The third-order valence-corrected chi connectivity index (χ3v) is 2.60. The predicted octanol–water partition coefficient (Wildman–Crippen LogP) is 0.798. The SMILES string of the molecule is NCCC1Cc2ccc(CN)cc2O1. The van der Waals surface area contributed by atoms with Gasteiger partial charge >= 0.3 is 0 Å². The maximum absolute atomic E-state index is 5.75. The van der Waals surface area contributed by atoms with Crippen molar-refractivity contribution in [2.75, 3.05) is 6.54 Å². The van der Waals surface area contributed by atoms with Crippen molar-refractivity contribution in [3.05, 3.63) is 29.3 Å². The highest BCUT2D eigenvalue weighted by atomic mass is 16.5. The van der Waals surface area contributed by atoms with E-state index in [0.717, 1.165) is 24.2 Å². The summed E-state index contributed by atoms with van der Waals surface area (Å²) in [5, 5.41) is 0. The summed E-state index contributed by atoms with van der Waals surface area (Å²) in [4.78, 5) is 0. The first kappa shape index (κ1) is 9.49. The van der Waals surface area contributed by atoms with Crippen LogP contribution in [0.3, 0.4) is 0 Å². The number of fused-ring (bicyclic) bond motifs is 1. The highest BCUT2D eigenvalue weighted by Crippen LogP contribution is 2.30. The Balaban J connectivity index is 2.14. The molecule has 1 unspecified atom stereocenters. The molecule has 76 valence electrons. The van der Waals surface area contributed by atoms with Gasteiger partial charge in [0.2, 0.25) is 0 Å². The molecule has 0 saturated carbocycles. The second-order valence-corrected chi connectivity index (χ2v) is 3.67. The Hall–Kier alpha value is -1.06. The lowest BCUT2D eigenvalue weighted by Gasteiger charge is -2.08. The topological polar surface area (TPSA) is 61.3 Å². The van der Waals surface area contributed by atoms with Crippen molar-refractivity contribution < 1.29 is 4.74 Å². The molecule has 3 nitrogen and oxygen atoms in total. The molecule has 1 aliphatic heterocycles. The van der Waals surface area contributed by atoms with Crippen molar-refractivity contribution in [3.63, 3.8) is 0 Å². The number of hydrogen-bond donors (Lipinski definition) is 2. The third-order valence-electron chi connectivity index (χ3n) is 2.60. The maximum Gasteiger partial charge on any atom is 0.123 e. The van der Waals surface area contributed by atoms with Gasteiger partial charge in [-0.1, -0.05) is 12.1 Å². The fourth-order valence-electron chi connectivity index (χ4n) is 1.82. The summed E-state index contributed by atoms with van der Waals surface area (Å²) in [7, 11) is 0. The average molecular weight is 192 g/mol. The predicted molar refractivity (Wildman–Crippen MR) is 56.1 cm³/mol. The first-order valence-electron chi connectivity index (χ1n) is 5.02. The zero-order valence-corrected chi connectivity index (χ0v) is 8.20. The van der Waals surface area contributed by atoms with Gasteiger partial charge in [-0.25, -0.2) is 0 Å². The van der Waals surface area contributed by atoms with E-state index < -0.39 is 0 Å². The smallest absolute Gasteiger partial charge is 0.123 e. The van der Waals surface area contributed by atoms with Crippen LogP contribution in [-0.4, -0.2) is 12.6 Å². The van der Waals surface area contributed by atoms with Crippen LogP contribution in [0.25, 0.3) is 0 Å². The molecule has 0 radical (unpaired) electrons. The third kappa shape index (κ3) is 1.74. The number of hydrogen-bond acceptors (Lipinski definition) is 3. The maximum atomic E-state index is 5.75. The minimum atomic E-state index is 0.267. The summed E-state index contributed by atoms with van der Waals surface area (Å²) in [6.45, 7) is 1.25. The number of benzene rings is 1. The van der Waals surface area contributed by atoms with Gasteiger partial charge in [0.1, 0.15) is 11.9 Å². The highest BCUT2D eigenvalue weighted by Gasteiger charge is 2.21. The van der Waals surface area contributed by atoms with E-state index in [0.29, 0.717) is 13.1 Å². The van der Waals surface area contributed by atoms with Crippen LogP contribution in [0.5, 0.6) is 5.75 Å². The minimum Gasteiger partial charge on any atom is -0.490 e. The van der Waals surface area contributed by atoms with Crippen molar-refractivity contribution in [3.8, 4) is 5.75 Å². The average Bonchev–Trinajstić information content (AvgIpc) is 2.59. The van der Waals surface area contributed by atoms with Crippen molar-refractivity contribution >= 4 is 0 Å². The quantitative estimate of drug-likeness (QED) is 0.744. The Bertz CT molecular complexity index is 325. The number of ether oxygens (including phenoxy) is 1. The van der Waals surface area contributed by atoms with Gasteiger partial charge in [-0.15, -0.1) is 0 Å². The molecule has 2 rings (SSSR count). The van der Waals surface area contributed by atoms with Gasteiger partial charge < -0.3 is 16.2 Å². The van der Waals surface area contributed by atoms with E-state index in [-0.39, 0.29) is 6.10 Å². The Morgan fingerprint density at radius 1 is 1.36 bits per heavy atom. The number of nitrogens with two attached hydrogens (primary N) is 2. The van der Waals surface area contributed by atoms with Gasteiger partial charge in [-0.05, 0) is 30.2 Å². The molecule has 1 heterocycles. The van der Waals surface area contributed by atoms with E-state index in [2.05, 4.69) is 12.1 Å². The first-order valence-corrected chi connectivity index (χ1v) is 5.02. The minimum absolute atomic E-state index is 0.267. The van der Waals surface area contributed by atoms with Crippen LogP contribution in [0, 0.1) is 0 Å². The molecule has 4 N–H and O–H groups in total. The van der Waals surface area contributed by atoms with Crippen LogP contribution in [0.4, 0.5) is 0 Å². The number of rotatable bonds is 3. The molecule has 1 aromatic carbocycles. The molecule has 0 aromatic heterocycles. The van der Waals surface area contributed by atoms with E-state index in [9.17, 15) is 0 Å². The summed E-state index contributed by atoms with van der Waals surface area (Å²) in [6.07, 6.45) is 2.17.